The third kappa shape index (κ3) is 6.74. The minimum Gasteiger partial charge on any atom is -0.453 e. The fourth-order valence-corrected chi connectivity index (χ4v) is 5.67. The van der Waals surface area contributed by atoms with Gasteiger partial charge in [-0.05, 0) is 74.1 Å². The normalized spacial score (nSPS) is 16.5. The second kappa shape index (κ2) is 13.0. The Hall–Kier alpha value is -4.24. The van der Waals surface area contributed by atoms with Gasteiger partial charge < -0.3 is 25.8 Å². The molecule has 4 rings (SSSR count). The summed E-state index contributed by atoms with van der Waals surface area (Å²) in [6.07, 6.45) is 1.31. The highest BCUT2D eigenvalue weighted by atomic mass is 19.1. The van der Waals surface area contributed by atoms with Crippen molar-refractivity contribution in [3.8, 4) is 11.1 Å². The molecule has 0 bridgehead atoms. The van der Waals surface area contributed by atoms with Gasteiger partial charge in [-0.25, -0.2) is 9.18 Å². The second-order valence-electron chi connectivity index (χ2n) is 10.5. The molecule has 1 aliphatic heterocycles. The van der Waals surface area contributed by atoms with E-state index in [0.29, 0.717) is 53.6 Å². The molecule has 41 heavy (non-hydrogen) atoms. The molecule has 0 spiro atoms. The van der Waals surface area contributed by atoms with Crippen LogP contribution in [-0.2, 0) is 10.3 Å². The van der Waals surface area contributed by atoms with Gasteiger partial charge >= 0.3 is 6.09 Å². The van der Waals surface area contributed by atoms with Crippen LogP contribution in [0.25, 0.3) is 11.1 Å². The lowest BCUT2D eigenvalue weighted by Gasteiger charge is -2.43. The van der Waals surface area contributed by atoms with Gasteiger partial charge in [-0.1, -0.05) is 42.0 Å². The number of hydrogen-bond donors (Lipinski definition) is 3. The molecule has 0 aliphatic carbocycles. The third-order valence-electron chi connectivity index (χ3n) is 7.78. The fraction of sp³-hybridized carbons (Fsp3) is 0.344. The van der Waals surface area contributed by atoms with Crippen LogP contribution in [-0.4, -0.2) is 54.7 Å². The molecule has 0 radical (unpaired) electrons. The Bertz CT molecular complexity index is 1410. The third-order valence-corrected chi connectivity index (χ3v) is 7.78. The molecule has 3 aromatic rings. The van der Waals surface area contributed by atoms with Crippen LogP contribution in [0.15, 0.2) is 66.7 Å². The van der Waals surface area contributed by atoms with E-state index >= 15 is 4.39 Å². The van der Waals surface area contributed by atoms with Crippen molar-refractivity contribution in [1.82, 2.24) is 10.2 Å². The lowest BCUT2D eigenvalue weighted by atomic mass is 9.72. The number of nitrogens with one attached hydrogen (secondary N) is 1. The van der Waals surface area contributed by atoms with E-state index in [9.17, 15) is 19.5 Å². The van der Waals surface area contributed by atoms with Crippen LogP contribution in [0.4, 0.5) is 9.18 Å². The van der Waals surface area contributed by atoms with Crippen LogP contribution in [0, 0.1) is 18.7 Å². The Kier molecular flexibility index (Phi) is 9.39. The fourth-order valence-electron chi connectivity index (χ4n) is 5.67. The van der Waals surface area contributed by atoms with Crippen molar-refractivity contribution in [3.63, 3.8) is 0 Å². The van der Waals surface area contributed by atoms with Gasteiger partial charge in [-0.3, -0.25) is 9.59 Å². The van der Waals surface area contributed by atoms with E-state index in [2.05, 4.69) is 10.1 Å². The summed E-state index contributed by atoms with van der Waals surface area (Å²) in [6, 6.07) is 18.4. The van der Waals surface area contributed by atoms with Gasteiger partial charge in [0.15, 0.2) is 0 Å². The van der Waals surface area contributed by atoms with Crippen LogP contribution in [0.2, 0.25) is 0 Å². The Morgan fingerprint density at radius 1 is 1.10 bits per heavy atom. The molecule has 3 aromatic carbocycles. The average Bonchev–Trinajstić information content (AvgIpc) is 2.98. The molecule has 2 atom stereocenters. The molecule has 1 saturated heterocycles. The van der Waals surface area contributed by atoms with E-state index in [1.54, 1.807) is 29.2 Å². The maximum atomic E-state index is 15.5. The summed E-state index contributed by atoms with van der Waals surface area (Å²) in [4.78, 5) is 38.2. The zero-order valence-corrected chi connectivity index (χ0v) is 23.4. The summed E-state index contributed by atoms with van der Waals surface area (Å²) in [5.74, 6) is -1.65. The highest BCUT2D eigenvalue weighted by Gasteiger charge is 2.43. The number of rotatable bonds is 9. The molecule has 216 valence electrons. The summed E-state index contributed by atoms with van der Waals surface area (Å²) in [7, 11) is 1.28. The first kappa shape index (κ1) is 29.7. The second-order valence-corrected chi connectivity index (χ2v) is 10.5. The molecule has 0 unspecified atom stereocenters. The van der Waals surface area contributed by atoms with Crippen molar-refractivity contribution in [2.24, 2.45) is 11.7 Å². The van der Waals surface area contributed by atoms with Crippen molar-refractivity contribution in [2.45, 2.75) is 38.2 Å². The maximum absolute atomic E-state index is 15.5. The van der Waals surface area contributed by atoms with E-state index < -0.39 is 29.3 Å². The molecule has 1 heterocycles. The number of benzene rings is 3. The van der Waals surface area contributed by atoms with Crippen molar-refractivity contribution >= 4 is 17.9 Å². The first-order chi connectivity index (χ1) is 19.6. The molecular weight excluding hydrogens is 525 g/mol. The standard InChI is InChI=1S/C32H36FN3O5/c1-21-7-3-8-24(19-21)28-26(10-4-11-27(28)33)32(40,16-6-17-35-31(39)41-2)25-9-5-18-36(20-25)30(38)23-14-12-22(13-15-23)29(34)37/h3-4,7-8,10-15,19,25,40H,5-6,9,16-18,20H2,1-2H3,(H2,34,37)(H,35,39)/t25-,32+/m1/s1. The molecule has 1 fully saturated rings. The first-order valence-corrected chi connectivity index (χ1v) is 13.7. The molecule has 4 N–H and O–H groups in total. The van der Waals surface area contributed by atoms with Crippen LogP contribution >= 0.6 is 0 Å². The number of halogens is 1. The smallest absolute Gasteiger partial charge is 0.406 e. The predicted molar refractivity (Wildman–Crippen MR) is 154 cm³/mol. The van der Waals surface area contributed by atoms with Crippen molar-refractivity contribution in [1.29, 1.82) is 0 Å². The van der Waals surface area contributed by atoms with Gasteiger partial charge in [0.2, 0.25) is 5.91 Å². The number of piperidine rings is 1. The monoisotopic (exact) mass is 561 g/mol. The minimum atomic E-state index is -1.51. The topological polar surface area (TPSA) is 122 Å². The summed E-state index contributed by atoms with van der Waals surface area (Å²) < 4.78 is 20.2. The molecular formula is C32H36FN3O5. The highest BCUT2D eigenvalue weighted by Crippen LogP contribution is 2.44. The average molecular weight is 562 g/mol. The van der Waals surface area contributed by atoms with Gasteiger partial charge in [-0.15, -0.1) is 0 Å². The van der Waals surface area contributed by atoms with Crippen molar-refractivity contribution in [3.05, 3.63) is 94.8 Å². The van der Waals surface area contributed by atoms with E-state index in [1.807, 2.05) is 31.2 Å². The Morgan fingerprint density at radius 2 is 1.80 bits per heavy atom. The molecule has 9 heteroatoms. The first-order valence-electron chi connectivity index (χ1n) is 13.7. The summed E-state index contributed by atoms with van der Waals surface area (Å²) in [5, 5.41) is 15.2. The van der Waals surface area contributed by atoms with E-state index in [0.717, 1.165) is 5.56 Å². The summed E-state index contributed by atoms with van der Waals surface area (Å²) >= 11 is 0. The zero-order valence-electron chi connectivity index (χ0n) is 23.4. The lowest BCUT2D eigenvalue weighted by Crippen LogP contribution is -2.48. The van der Waals surface area contributed by atoms with Gasteiger partial charge in [0.1, 0.15) is 5.82 Å². The lowest BCUT2D eigenvalue weighted by molar-refractivity contribution is -0.0564. The van der Waals surface area contributed by atoms with E-state index in [-0.39, 0.29) is 25.4 Å². The molecule has 3 amide bonds. The van der Waals surface area contributed by atoms with E-state index in [1.165, 1.54) is 25.3 Å². The number of carbonyl (C=O) groups is 3. The number of methoxy groups -OCH3 is 1. The number of nitrogens with two attached hydrogens (primary N) is 1. The summed E-state index contributed by atoms with van der Waals surface area (Å²) in [5.41, 5.74) is 6.93. The van der Waals surface area contributed by atoms with Gasteiger partial charge in [0, 0.05) is 42.2 Å². The van der Waals surface area contributed by atoms with E-state index in [4.69, 9.17) is 5.73 Å². The number of alkyl carbamates (subject to hydrolysis) is 1. The zero-order chi connectivity index (χ0) is 29.6. The number of likely N-dealkylation sites (tertiary alicyclic amines) is 1. The number of ether oxygens (including phenoxy) is 1. The Labute approximate surface area is 239 Å². The van der Waals surface area contributed by atoms with Crippen LogP contribution in [0.5, 0.6) is 0 Å². The summed E-state index contributed by atoms with van der Waals surface area (Å²) in [6.45, 7) is 2.93. The molecule has 1 aliphatic rings. The van der Waals surface area contributed by atoms with Gasteiger partial charge in [0.25, 0.3) is 5.91 Å². The number of aryl methyl sites for hydroxylation is 1. The van der Waals surface area contributed by atoms with Crippen LogP contribution < -0.4 is 11.1 Å². The van der Waals surface area contributed by atoms with Crippen LogP contribution in [0.3, 0.4) is 0 Å². The highest BCUT2D eigenvalue weighted by molar-refractivity contribution is 5.97. The quantitative estimate of drug-likeness (QED) is 0.325. The minimum absolute atomic E-state index is 0.221. The number of amides is 3. The number of aliphatic hydroxyl groups is 1. The predicted octanol–water partition coefficient (Wildman–Crippen LogP) is 4.78. The van der Waals surface area contributed by atoms with Crippen LogP contribution in [0.1, 0.15) is 57.5 Å². The number of primary amides is 1. The van der Waals surface area contributed by atoms with Crippen molar-refractivity contribution in [2.75, 3.05) is 26.7 Å². The van der Waals surface area contributed by atoms with Gasteiger partial charge in [-0.2, -0.15) is 0 Å². The SMILES string of the molecule is COC(=O)NCCC[C@@](O)(c1cccc(F)c1-c1cccc(C)c1)[C@@H]1CCCN(C(=O)c2ccc(C(N)=O)cc2)C1. The van der Waals surface area contributed by atoms with Crippen molar-refractivity contribution < 1.29 is 28.6 Å². The molecule has 0 saturated carbocycles. The Balaban J connectivity index is 1.69. The number of hydrogen-bond acceptors (Lipinski definition) is 5. The molecule has 0 aromatic heterocycles. The van der Waals surface area contributed by atoms with Gasteiger partial charge in [0.05, 0.1) is 12.7 Å². The Morgan fingerprint density at radius 3 is 2.49 bits per heavy atom. The number of nitrogens with zero attached hydrogens (tertiary/aromatic N) is 1. The number of carbonyl (C=O) groups excluding carboxylic acids is 3. The maximum Gasteiger partial charge on any atom is 0.406 e. The molecule has 8 nitrogen and oxygen atoms in total. The largest absolute Gasteiger partial charge is 0.453 e.